The molecule has 6 nitrogen and oxygen atoms in total. The van der Waals surface area contributed by atoms with Gasteiger partial charge in [0.15, 0.2) is 0 Å². The third-order valence-corrected chi connectivity index (χ3v) is 16.1. The highest BCUT2D eigenvalue weighted by Gasteiger charge is 2.18. The highest BCUT2D eigenvalue weighted by atomic mass is 16.5. The van der Waals surface area contributed by atoms with Gasteiger partial charge in [0.2, 0.25) is 5.91 Å². The monoisotopic (exact) mass is 1090 g/mol. The molecule has 0 heterocycles. The standard InChI is InChI=1S/C72H135NO5/c1-3-5-7-9-11-13-15-17-19-21-32-36-40-44-48-52-56-60-64-70(75)69(68-74)73-71(76)65-61-57-53-49-45-41-37-33-30-28-26-24-23-25-27-29-31-35-39-43-47-51-55-59-63-67-78-72(77)66-62-58-54-50-46-42-38-34-22-20-18-16-14-12-10-8-6-4-2/h20,22,24-27,60,64,69-70,74-75H,3-19,21,23,28-59,61-63,65-68H2,1-2H3,(H,73,76)/b22-20-,26-24-,27-25-,64-60+. The van der Waals surface area contributed by atoms with E-state index in [0.29, 0.717) is 19.4 Å². The quantitative estimate of drug-likeness (QED) is 0.0320. The Morgan fingerprint density at radius 1 is 0.359 bits per heavy atom. The number of rotatable bonds is 65. The minimum absolute atomic E-state index is 0.00584. The number of amides is 1. The van der Waals surface area contributed by atoms with E-state index in [4.69, 9.17) is 4.74 Å². The Morgan fingerprint density at radius 2 is 0.641 bits per heavy atom. The molecule has 0 fully saturated rings. The third kappa shape index (κ3) is 63.0. The Labute approximate surface area is 486 Å². The molecule has 0 aromatic carbocycles. The van der Waals surface area contributed by atoms with Gasteiger partial charge >= 0.3 is 5.97 Å². The van der Waals surface area contributed by atoms with Gasteiger partial charge in [-0.3, -0.25) is 9.59 Å². The van der Waals surface area contributed by atoms with Crippen molar-refractivity contribution in [3.05, 3.63) is 48.6 Å². The lowest BCUT2D eigenvalue weighted by molar-refractivity contribution is -0.143. The van der Waals surface area contributed by atoms with Crippen molar-refractivity contribution in [2.75, 3.05) is 13.2 Å². The van der Waals surface area contributed by atoms with Gasteiger partial charge in [-0.05, 0) is 89.9 Å². The zero-order valence-corrected chi connectivity index (χ0v) is 52.4. The molecule has 0 aromatic rings. The predicted octanol–water partition coefficient (Wildman–Crippen LogP) is 22.5. The Kier molecular flexibility index (Phi) is 65.4. The summed E-state index contributed by atoms with van der Waals surface area (Å²) in [6, 6.07) is -0.634. The number of esters is 1. The molecule has 0 aliphatic heterocycles. The molecule has 0 radical (unpaired) electrons. The normalized spacial score (nSPS) is 12.8. The lowest BCUT2D eigenvalue weighted by Crippen LogP contribution is -2.45. The van der Waals surface area contributed by atoms with Crippen LogP contribution in [0.15, 0.2) is 48.6 Å². The summed E-state index contributed by atoms with van der Waals surface area (Å²) in [5.74, 6) is -0.0661. The maximum Gasteiger partial charge on any atom is 0.305 e. The van der Waals surface area contributed by atoms with Crippen molar-refractivity contribution in [3.63, 3.8) is 0 Å². The van der Waals surface area contributed by atoms with Crippen LogP contribution in [0.4, 0.5) is 0 Å². The van der Waals surface area contributed by atoms with Crippen LogP contribution in [0.2, 0.25) is 0 Å². The molecule has 0 aromatic heterocycles. The minimum atomic E-state index is -0.850. The number of hydrogen-bond acceptors (Lipinski definition) is 5. The van der Waals surface area contributed by atoms with Crippen LogP contribution >= 0.6 is 0 Å². The first-order valence-electron chi connectivity index (χ1n) is 34.9. The summed E-state index contributed by atoms with van der Waals surface area (Å²) in [5, 5.41) is 23.2. The van der Waals surface area contributed by atoms with Crippen LogP contribution < -0.4 is 5.32 Å². The van der Waals surface area contributed by atoms with Crippen molar-refractivity contribution >= 4 is 11.9 Å². The van der Waals surface area contributed by atoms with Crippen molar-refractivity contribution in [3.8, 4) is 0 Å². The maximum atomic E-state index is 12.5. The second-order valence-corrected chi connectivity index (χ2v) is 23.9. The number of allylic oxidation sites excluding steroid dienone is 7. The molecule has 0 aliphatic rings. The molecule has 2 atom stereocenters. The van der Waals surface area contributed by atoms with Gasteiger partial charge in [-0.15, -0.1) is 0 Å². The second-order valence-electron chi connectivity index (χ2n) is 23.9. The van der Waals surface area contributed by atoms with Crippen molar-refractivity contribution < 1.29 is 24.5 Å². The van der Waals surface area contributed by atoms with E-state index < -0.39 is 12.1 Å². The molecule has 0 spiro atoms. The minimum Gasteiger partial charge on any atom is -0.466 e. The number of carbonyl (C=O) groups excluding carboxylic acids is 2. The van der Waals surface area contributed by atoms with E-state index >= 15 is 0 Å². The van der Waals surface area contributed by atoms with E-state index in [2.05, 4.69) is 55.6 Å². The summed E-state index contributed by atoms with van der Waals surface area (Å²) >= 11 is 0. The number of aliphatic hydroxyl groups excluding tert-OH is 2. The van der Waals surface area contributed by atoms with E-state index in [9.17, 15) is 19.8 Å². The lowest BCUT2D eigenvalue weighted by atomic mass is 10.0. The first-order valence-corrected chi connectivity index (χ1v) is 34.9. The van der Waals surface area contributed by atoms with E-state index in [-0.39, 0.29) is 18.5 Å². The molecular weight excluding hydrogens is 959 g/mol. The van der Waals surface area contributed by atoms with Crippen molar-refractivity contribution in [2.24, 2.45) is 0 Å². The van der Waals surface area contributed by atoms with Crippen LogP contribution in [0.25, 0.3) is 0 Å². The van der Waals surface area contributed by atoms with Crippen LogP contribution in [0.3, 0.4) is 0 Å². The van der Waals surface area contributed by atoms with Crippen LogP contribution in [0.1, 0.15) is 373 Å². The van der Waals surface area contributed by atoms with Gasteiger partial charge in [-0.1, -0.05) is 319 Å². The Bertz CT molecular complexity index is 1310. The highest BCUT2D eigenvalue weighted by Crippen LogP contribution is 2.18. The molecule has 0 bridgehead atoms. The summed E-state index contributed by atoms with van der Waals surface area (Å²) in [7, 11) is 0. The van der Waals surface area contributed by atoms with Crippen LogP contribution in [0.5, 0.6) is 0 Å². The molecule has 1 amide bonds. The Balaban J connectivity index is 3.45. The smallest absolute Gasteiger partial charge is 0.305 e. The van der Waals surface area contributed by atoms with Gasteiger partial charge < -0.3 is 20.3 Å². The van der Waals surface area contributed by atoms with Gasteiger partial charge in [0.05, 0.1) is 25.4 Å². The lowest BCUT2D eigenvalue weighted by Gasteiger charge is -2.20. The van der Waals surface area contributed by atoms with Crippen LogP contribution in [-0.4, -0.2) is 47.4 Å². The fraction of sp³-hybridized carbons (Fsp3) is 0.861. The van der Waals surface area contributed by atoms with E-state index in [1.165, 1.54) is 295 Å². The first kappa shape index (κ1) is 75.8. The number of nitrogens with one attached hydrogen (secondary N) is 1. The summed E-state index contributed by atoms with van der Waals surface area (Å²) in [4.78, 5) is 24.6. The number of aliphatic hydroxyl groups is 2. The van der Waals surface area contributed by atoms with Gasteiger partial charge in [-0.2, -0.15) is 0 Å². The van der Waals surface area contributed by atoms with Gasteiger partial charge in [0.25, 0.3) is 0 Å². The zero-order chi connectivity index (χ0) is 56.4. The largest absolute Gasteiger partial charge is 0.466 e. The van der Waals surface area contributed by atoms with Crippen molar-refractivity contribution in [1.29, 1.82) is 0 Å². The SMILES string of the molecule is CCCCCCCCC/C=C\CCCCCCCCCC(=O)OCCCCCCCCCCC/C=C\C/C=C\CCCCCCCCCCCC(=O)NC(CO)C(O)/C=C/CCCCCCCCCCCCCCCCCC. The number of carbonyl (C=O) groups is 2. The molecule has 3 N–H and O–H groups in total. The fourth-order valence-electron chi connectivity index (χ4n) is 10.7. The second kappa shape index (κ2) is 67.3. The fourth-order valence-corrected chi connectivity index (χ4v) is 10.7. The maximum absolute atomic E-state index is 12.5. The number of unbranched alkanes of at least 4 members (excludes halogenated alkanes) is 48. The summed E-state index contributed by atoms with van der Waals surface area (Å²) in [6.07, 6.45) is 87.5. The average molecular weight is 1090 g/mol. The molecule has 0 saturated heterocycles. The Hall–Kier alpha value is -2.18. The molecule has 78 heavy (non-hydrogen) atoms. The summed E-state index contributed by atoms with van der Waals surface area (Å²) in [5.41, 5.74) is 0. The summed E-state index contributed by atoms with van der Waals surface area (Å²) < 4.78 is 5.50. The van der Waals surface area contributed by atoms with E-state index in [1.807, 2.05) is 6.08 Å². The molecule has 0 saturated carbocycles. The topological polar surface area (TPSA) is 95.9 Å². The molecule has 0 rings (SSSR count). The Morgan fingerprint density at radius 3 is 0.987 bits per heavy atom. The van der Waals surface area contributed by atoms with Crippen molar-refractivity contribution in [1.82, 2.24) is 5.32 Å². The average Bonchev–Trinajstić information content (AvgIpc) is 3.44. The number of ether oxygens (including phenoxy) is 1. The molecular formula is C72H135NO5. The van der Waals surface area contributed by atoms with Gasteiger partial charge in [0, 0.05) is 12.8 Å². The van der Waals surface area contributed by atoms with E-state index in [0.717, 1.165) is 51.4 Å². The molecule has 6 heteroatoms. The van der Waals surface area contributed by atoms with Gasteiger partial charge in [-0.25, -0.2) is 0 Å². The van der Waals surface area contributed by atoms with Gasteiger partial charge in [0.1, 0.15) is 0 Å². The first-order chi connectivity index (χ1) is 38.5. The highest BCUT2D eigenvalue weighted by molar-refractivity contribution is 5.76. The van der Waals surface area contributed by atoms with E-state index in [1.54, 1.807) is 6.08 Å². The summed E-state index contributed by atoms with van der Waals surface area (Å²) in [6.45, 7) is 4.92. The number of hydrogen-bond donors (Lipinski definition) is 3. The molecule has 2 unspecified atom stereocenters. The van der Waals surface area contributed by atoms with Crippen LogP contribution in [0, 0.1) is 0 Å². The van der Waals surface area contributed by atoms with Crippen molar-refractivity contribution in [2.45, 2.75) is 386 Å². The van der Waals surface area contributed by atoms with Crippen LogP contribution in [-0.2, 0) is 14.3 Å². The molecule has 458 valence electrons. The predicted molar refractivity (Wildman–Crippen MR) is 342 cm³/mol. The third-order valence-electron chi connectivity index (χ3n) is 16.1. The molecule has 0 aliphatic carbocycles. The zero-order valence-electron chi connectivity index (χ0n) is 52.4.